The van der Waals surface area contributed by atoms with E-state index in [1.807, 2.05) is 0 Å². The second-order valence-corrected chi connectivity index (χ2v) is 3.90. The molecule has 3 nitrogen and oxygen atoms in total. The highest BCUT2D eigenvalue weighted by Crippen LogP contribution is 2.33. The number of aromatic amines is 1. The molecule has 0 fully saturated rings. The predicted octanol–water partition coefficient (Wildman–Crippen LogP) is 2.98. The SMILES string of the molecule is COC(=O)c1[nH]c(Br)c(Br)c1Cl. The van der Waals surface area contributed by atoms with Crippen molar-refractivity contribution in [3.63, 3.8) is 0 Å². The molecule has 1 aromatic rings. The van der Waals surface area contributed by atoms with Gasteiger partial charge in [-0.3, -0.25) is 0 Å². The molecule has 0 aliphatic heterocycles. The second-order valence-electron chi connectivity index (χ2n) is 1.93. The van der Waals surface area contributed by atoms with Gasteiger partial charge >= 0.3 is 5.97 Å². The number of H-pyrrole nitrogens is 1. The molecule has 1 heterocycles. The molecule has 0 aromatic carbocycles. The molecule has 12 heavy (non-hydrogen) atoms. The average molecular weight is 317 g/mol. The number of ether oxygens (including phenoxy) is 1. The summed E-state index contributed by atoms with van der Waals surface area (Å²) >= 11 is 12.1. The first-order valence-corrected chi connectivity index (χ1v) is 4.85. The van der Waals surface area contributed by atoms with Crippen LogP contribution in [0.4, 0.5) is 0 Å². The first kappa shape index (κ1) is 10.1. The fourth-order valence-corrected chi connectivity index (χ4v) is 1.70. The largest absolute Gasteiger partial charge is 0.464 e. The predicted molar refractivity (Wildman–Crippen MR) is 52.5 cm³/mol. The fraction of sp³-hybridized carbons (Fsp3) is 0.167. The molecule has 0 bridgehead atoms. The van der Waals surface area contributed by atoms with Crippen LogP contribution in [0.1, 0.15) is 10.5 Å². The van der Waals surface area contributed by atoms with E-state index >= 15 is 0 Å². The molecule has 1 aromatic heterocycles. The lowest BCUT2D eigenvalue weighted by molar-refractivity contribution is 0.0595. The number of methoxy groups -OCH3 is 1. The highest BCUT2D eigenvalue weighted by Gasteiger charge is 2.18. The van der Waals surface area contributed by atoms with Gasteiger partial charge in [0.15, 0.2) is 0 Å². The van der Waals surface area contributed by atoms with Gasteiger partial charge in [0.25, 0.3) is 0 Å². The number of esters is 1. The van der Waals surface area contributed by atoms with Gasteiger partial charge in [0.1, 0.15) is 5.69 Å². The molecule has 0 atom stereocenters. The van der Waals surface area contributed by atoms with Gasteiger partial charge in [-0.05, 0) is 31.9 Å². The van der Waals surface area contributed by atoms with Gasteiger partial charge < -0.3 is 9.72 Å². The van der Waals surface area contributed by atoms with Crippen LogP contribution in [0.5, 0.6) is 0 Å². The topological polar surface area (TPSA) is 42.1 Å². The summed E-state index contributed by atoms with van der Waals surface area (Å²) in [6.07, 6.45) is 0. The summed E-state index contributed by atoms with van der Waals surface area (Å²) in [5, 5.41) is 0.314. The minimum Gasteiger partial charge on any atom is -0.464 e. The number of hydrogen-bond donors (Lipinski definition) is 1. The summed E-state index contributed by atoms with van der Waals surface area (Å²) in [5.41, 5.74) is 0.234. The van der Waals surface area contributed by atoms with Crippen LogP contribution in [0.15, 0.2) is 9.08 Å². The number of aromatic nitrogens is 1. The average Bonchev–Trinajstić information content (AvgIpc) is 2.32. The first-order valence-electron chi connectivity index (χ1n) is 2.88. The summed E-state index contributed by atoms with van der Waals surface area (Å²) in [6, 6.07) is 0. The van der Waals surface area contributed by atoms with Gasteiger partial charge in [0.05, 0.1) is 21.2 Å². The van der Waals surface area contributed by atoms with Crippen LogP contribution in [-0.2, 0) is 4.74 Å². The fourth-order valence-electron chi connectivity index (χ4n) is 0.668. The van der Waals surface area contributed by atoms with Gasteiger partial charge in [-0.2, -0.15) is 0 Å². The summed E-state index contributed by atoms with van der Waals surface area (Å²) < 4.78 is 5.72. The number of carbonyl (C=O) groups is 1. The Bertz CT molecular complexity index is 324. The van der Waals surface area contributed by atoms with Crippen LogP contribution in [-0.4, -0.2) is 18.1 Å². The van der Waals surface area contributed by atoms with Crippen molar-refractivity contribution in [2.75, 3.05) is 7.11 Å². The van der Waals surface area contributed by atoms with E-state index in [2.05, 4.69) is 41.6 Å². The zero-order chi connectivity index (χ0) is 9.30. The van der Waals surface area contributed by atoms with E-state index < -0.39 is 5.97 Å². The van der Waals surface area contributed by atoms with Crippen LogP contribution in [0.25, 0.3) is 0 Å². The van der Waals surface area contributed by atoms with E-state index in [-0.39, 0.29) is 5.69 Å². The van der Waals surface area contributed by atoms with Gasteiger partial charge in [0, 0.05) is 0 Å². The minimum absolute atomic E-state index is 0.234. The normalized spacial score (nSPS) is 10.0. The molecule has 0 amide bonds. The van der Waals surface area contributed by atoms with Crippen LogP contribution in [0.3, 0.4) is 0 Å². The third-order valence-corrected chi connectivity index (χ3v) is 3.76. The standard InChI is InChI=1S/C6H4Br2ClNO2/c1-12-6(11)4-3(9)2(7)5(8)10-4/h10H,1H3. The van der Waals surface area contributed by atoms with Crippen molar-refractivity contribution >= 4 is 49.4 Å². The lowest BCUT2D eigenvalue weighted by Crippen LogP contribution is -2.01. The molecule has 0 spiro atoms. The number of nitrogens with one attached hydrogen (secondary N) is 1. The Morgan fingerprint density at radius 2 is 2.17 bits per heavy atom. The van der Waals surface area contributed by atoms with E-state index in [0.717, 1.165) is 0 Å². The van der Waals surface area contributed by atoms with Crippen molar-refractivity contribution < 1.29 is 9.53 Å². The van der Waals surface area contributed by atoms with Gasteiger partial charge in [-0.15, -0.1) is 0 Å². The molecule has 6 heteroatoms. The summed E-state index contributed by atoms with van der Waals surface area (Å²) in [6.45, 7) is 0. The van der Waals surface area contributed by atoms with Crippen LogP contribution in [0.2, 0.25) is 5.02 Å². The van der Waals surface area contributed by atoms with Crippen molar-refractivity contribution in [2.45, 2.75) is 0 Å². The molecule has 0 aliphatic carbocycles. The smallest absolute Gasteiger partial charge is 0.356 e. The molecule has 0 radical (unpaired) electrons. The maximum atomic E-state index is 11.0. The number of hydrogen-bond acceptors (Lipinski definition) is 2. The Labute approximate surface area is 90.7 Å². The van der Waals surface area contributed by atoms with Crippen LogP contribution < -0.4 is 0 Å². The first-order chi connectivity index (χ1) is 5.57. The number of rotatable bonds is 1. The highest BCUT2D eigenvalue weighted by molar-refractivity contribution is 9.13. The molecule has 1 N–H and O–H groups in total. The maximum Gasteiger partial charge on any atom is 0.356 e. The van der Waals surface area contributed by atoms with Crippen molar-refractivity contribution in [3.8, 4) is 0 Å². The maximum absolute atomic E-state index is 11.0. The molecule has 0 unspecified atom stereocenters. The van der Waals surface area contributed by atoms with Crippen LogP contribution in [0, 0.1) is 0 Å². The Balaban J connectivity index is 3.17. The number of carbonyl (C=O) groups excluding carboxylic acids is 1. The Morgan fingerprint density at radius 3 is 2.50 bits per heavy atom. The van der Waals surface area contributed by atoms with Gasteiger partial charge in [-0.25, -0.2) is 4.79 Å². The molecule has 0 saturated heterocycles. The highest BCUT2D eigenvalue weighted by atomic mass is 79.9. The molecular formula is C6H4Br2ClNO2. The van der Waals surface area contributed by atoms with Crippen LogP contribution >= 0.6 is 43.5 Å². The van der Waals surface area contributed by atoms with Crippen molar-refractivity contribution in [2.24, 2.45) is 0 Å². The van der Waals surface area contributed by atoms with E-state index in [9.17, 15) is 4.79 Å². The molecule has 1 rings (SSSR count). The van der Waals surface area contributed by atoms with Crippen molar-refractivity contribution in [1.82, 2.24) is 4.98 Å². The second kappa shape index (κ2) is 3.81. The molecule has 0 saturated carbocycles. The summed E-state index contributed by atoms with van der Waals surface area (Å²) in [7, 11) is 1.29. The van der Waals surface area contributed by atoms with Crippen molar-refractivity contribution in [3.05, 3.63) is 19.8 Å². The van der Waals surface area contributed by atoms with E-state index in [4.69, 9.17) is 11.6 Å². The summed E-state index contributed by atoms with van der Waals surface area (Å²) in [5.74, 6) is -0.494. The zero-order valence-electron chi connectivity index (χ0n) is 5.95. The monoisotopic (exact) mass is 315 g/mol. The van der Waals surface area contributed by atoms with E-state index in [1.54, 1.807) is 0 Å². The third-order valence-electron chi connectivity index (χ3n) is 1.23. The van der Waals surface area contributed by atoms with Gasteiger partial charge in [-0.1, -0.05) is 11.6 Å². The lowest BCUT2D eigenvalue weighted by Gasteiger charge is -1.94. The minimum atomic E-state index is -0.494. The summed E-state index contributed by atoms with van der Waals surface area (Å²) in [4.78, 5) is 13.7. The molecule has 0 aliphatic rings. The Kier molecular flexibility index (Phi) is 3.20. The lowest BCUT2D eigenvalue weighted by atomic mass is 10.4. The van der Waals surface area contributed by atoms with E-state index in [0.29, 0.717) is 14.1 Å². The van der Waals surface area contributed by atoms with Gasteiger partial charge in [0.2, 0.25) is 0 Å². The molecular weight excluding hydrogens is 313 g/mol. The zero-order valence-corrected chi connectivity index (χ0v) is 9.88. The molecule has 66 valence electrons. The third kappa shape index (κ3) is 1.67. The Hall–Kier alpha value is -0.000000000000000167. The quantitative estimate of drug-likeness (QED) is 0.809. The Morgan fingerprint density at radius 1 is 1.58 bits per heavy atom. The van der Waals surface area contributed by atoms with Crippen molar-refractivity contribution in [1.29, 1.82) is 0 Å². The number of halogens is 3. The van der Waals surface area contributed by atoms with E-state index in [1.165, 1.54) is 7.11 Å².